The van der Waals surface area contributed by atoms with Gasteiger partial charge in [0.1, 0.15) is 11.8 Å². The highest BCUT2D eigenvalue weighted by Crippen LogP contribution is 2.31. The summed E-state index contributed by atoms with van der Waals surface area (Å²) in [6.45, 7) is 6.36. The molecule has 7 nitrogen and oxygen atoms in total. The molecule has 0 aliphatic carbocycles. The molecule has 0 spiro atoms. The zero-order valence-electron chi connectivity index (χ0n) is 17.0. The van der Waals surface area contributed by atoms with Crippen molar-refractivity contribution in [2.75, 3.05) is 38.2 Å². The average molecular weight is 399 g/mol. The minimum atomic E-state index is -0.462. The number of nitrogens with one attached hydrogen (secondary N) is 2. The van der Waals surface area contributed by atoms with Gasteiger partial charge in [-0.1, -0.05) is 35.5 Å². The first-order valence-electron chi connectivity index (χ1n) is 10.5. The molecule has 1 atom stereocenters. The zero-order chi connectivity index (χ0) is 20.1. The van der Waals surface area contributed by atoms with E-state index >= 15 is 0 Å². The molecule has 156 valence electrons. The fourth-order valence-electron chi connectivity index (χ4n) is 4.47. The van der Waals surface area contributed by atoms with Gasteiger partial charge in [-0.25, -0.2) is 0 Å². The topological polar surface area (TPSA) is 79.6 Å². The molecule has 2 aromatic rings. The molecule has 4 rings (SSSR count). The van der Waals surface area contributed by atoms with Crippen LogP contribution in [0.25, 0.3) is 0 Å². The third kappa shape index (κ3) is 4.69. The number of aromatic nitrogens is 1. The van der Waals surface area contributed by atoms with Crippen molar-refractivity contribution in [1.29, 1.82) is 0 Å². The van der Waals surface area contributed by atoms with Gasteiger partial charge in [-0.15, -0.1) is 0 Å². The number of hydrogen-bond acceptors (Lipinski definition) is 6. The van der Waals surface area contributed by atoms with Gasteiger partial charge >= 0.3 is 0 Å². The van der Waals surface area contributed by atoms with Crippen LogP contribution in [0.15, 0.2) is 40.9 Å². The molecule has 2 aliphatic rings. The number of hydrogen-bond donors (Lipinski definition) is 2. The van der Waals surface area contributed by atoms with Gasteiger partial charge in [-0.05, 0) is 51.3 Å². The van der Waals surface area contributed by atoms with Crippen LogP contribution in [-0.2, 0) is 9.53 Å². The molecule has 1 aromatic heterocycles. The maximum Gasteiger partial charge on any atom is 0.247 e. The zero-order valence-corrected chi connectivity index (χ0v) is 17.0. The predicted molar refractivity (Wildman–Crippen MR) is 111 cm³/mol. The van der Waals surface area contributed by atoms with Crippen molar-refractivity contribution in [2.45, 2.75) is 44.2 Å². The summed E-state index contributed by atoms with van der Waals surface area (Å²) in [5, 5.41) is 10.4. The lowest BCUT2D eigenvalue weighted by Gasteiger charge is -2.45. The van der Waals surface area contributed by atoms with Crippen molar-refractivity contribution in [1.82, 2.24) is 15.4 Å². The summed E-state index contributed by atoms with van der Waals surface area (Å²) in [5.74, 6) is 0.975. The van der Waals surface area contributed by atoms with Crippen LogP contribution in [0.4, 0.5) is 5.82 Å². The van der Waals surface area contributed by atoms with E-state index in [4.69, 9.17) is 9.26 Å². The Morgan fingerprint density at radius 3 is 2.59 bits per heavy atom. The minimum absolute atomic E-state index is 0.0482. The van der Waals surface area contributed by atoms with Crippen molar-refractivity contribution in [3.05, 3.63) is 47.7 Å². The van der Waals surface area contributed by atoms with Crippen molar-refractivity contribution < 1.29 is 14.1 Å². The first kappa shape index (κ1) is 20.1. The normalized spacial score (nSPS) is 20.4. The number of likely N-dealkylation sites (tertiary alicyclic amines) is 1. The maximum absolute atomic E-state index is 13.1. The van der Waals surface area contributed by atoms with Gasteiger partial charge in [0.25, 0.3) is 0 Å². The Bertz CT molecular complexity index is 795. The van der Waals surface area contributed by atoms with Gasteiger partial charge in [-0.3, -0.25) is 9.69 Å². The fraction of sp³-hybridized carbons (Fsp3) is 0.545. The molecule has 7 heteroatoms. The number of carbonyl (C=O) groups is 1. The number of nitrogens with zero attached hydrogens (tertiary/aromatic N) is 2. The smallest absolute Gasteiger partial charge is 0.247 e. The second-order valence-electron chi connectivity index (χ2n) is 8.07. The molecule has 0 radical (unpaired) electrons. The van der Waals surface area contributed by atoms with Crippen LogP contribution >= 0.6 is 0 Å². The Morgan fingerprint density at radius 1 is 1.21 bits per heavy atom. The van der Waals surface area contributed by atoms with E-state index in [1.54, 1.807) is 13.0 Å². The molecular weight excluding hydrogens is 368 g/mol. The van der Waals surface area contributed by atoms with Gasteiger partial charge in [0.05, 0.1) is 0 Å². The largest absolute Gasteiger partial charge is 0.381 e. The van der Waals surface area contributed by atoms with Gasteiger partial charge in [-0.2, -0.15) is 0 Å². The fourth-order valence-corrected chi connectivity index (χ4v) is 4.47. The SMILES string of the molecule is Cc1cc(NC(=O)C(NCC2(N3CCCC3)CCOCC2)c2ccccc2)no1. The molecule has 2 saturated heterocycles. The lowest BCUT2D eigenvalue weighted by atomic mass is 9.87. The van der Waals surface area contributed by atoms with Crippen molar-refractivity contribution in [3.8, 4) is 0 Å². The van der Waals surface area contributed by atoms with Crippen LogP contribution in [0.3, 0.4) is 0 Å². The molecule has 1 aromatic carbocycles. The maximum atomic E-state index is 13.1. The highest BCUT2D eigenvalue weighted by Gasteiger charge is 2.40. The van der Waals surface area contributed by atoms with Gasteiger partial charge in [0, 0.05) is 31.4 Å². The van der Waals surface area contributed by atoms with Gasteiger partial charge < -0.3 is 19.9 Å². The van der Waals surface area contributed by atoms with E-state index in [2.05, 4.69) is 20.7 Å². The van der Waals surface area contributed by atoms with Crippen LogP contribution in [0.1, 0.15) is 43.0 Å². The molecule has 2 aliphatic heterocycles. The average Bonchev–Trinajstić information content (AvgIpc) is 3.42. The summed E-state index contributed by atoms with van der Waals surface area (Å²) in [7, 11) is 0. The monoisotopic (exact) mass is 398 g/mol. The lowest BCUT2D eigenvalue weighted by Crippen LogP contribution is -2.57. The van der Waals surface area contributed by atoms with E-state index in [1.165, 1.54) is 12.8 Å². The number of aryl methyl sites for hydroxylation is 1. The first-order chi connectivity index (χ1) is 14.2. The summed E-state index contributed by atoms with van der Waals surface area (Å²) < 4.78 is 10.7. The van der Waals surface area contributed by atoms with Gasteiger partial charge in [0.2, 0.25) is 5.91 Å². The van der Waals surface area contributed by atoms with Crippen molar-refractivity contribution in [2.24, 2.45) is 0 Å². The Kier molecular flexibility index (Phi) is 6.28. The molecule has 3 heterocycles. The number of carbonyl (C=O) groups excluding carboxylic acids is 1. The summed E-state index contributed by atoms with van der Waals surface area (Å²) >= 11 is 0. The molecular formula is C22H30N4O3. The van der Waals surface area contributed by atoms with E-state index in [1.807, 2.05) is 30.3 Å². The van der Waals surface area contributed by atoms with Gasteiger partial charge in [0.15, 0.2) is 5.82 Å². The highest BCUT2D eigenvalue weighted by molar-refractivity contribution is 5.94. The Labute approximate surface area is 171 Å². The van der Waals surface area contributed by atoms with Crippen LogP contribution in [0.2, 0.25) is 0 Å². The second-order valence-corrected chi connectivity index (χ2v) is 8.07. The summed E-state index contributed by atoms with van der Waals surface area (Å²) in [6.07, 6.45) is 4.48. The van der Waals surface area contributed by atoms with E-state index in [-0.39, 0.29) is 11.4 Å². The molecule has 1 unspecified atom stereocenters. The number of ether oxygens (including phenoxy) is 1. The Balaban J connectivity index is 1.52. The number of rotatable bonds is 7. The minimum Gasteiger partial charge on any atom is -0.381 e. The number of anilines is 1. The first-order valence-corrected chi connectivity index (χ1v) is 10.5. The summed E-state index contributed by atoms with van der Waals surface area (Å²) in [4.78, 5) is 15.7. The summed E-state index contributed by atoms with van der Waals surface area (Å²) in [5.41, 5.74) is 0.987. The molecule has 29 heavy (non-hydrogen) atoms. The van der Waals surface area contributed by atoms with E-state index < -0.39 is 6.04 Å². The van der Waals surface area contributed by atoms with Crippen molar-refractivity contribution >= 4 is 11.7 Å². The Hall–Kier alpha value is -2.22. The van der Waals surface area contributed by atoms with Crippen LogP contribution < -0.4 is 10.6 Å². The predicted octanol–water partition coefficient (Wildman–Crippen LogP) is 2.90. The van der Waals surface area contributed by atoms with E-state index in [0.717, 1.165) is 51.3 Å². The highest BCUT2D eigenvalue weighted by atomic mass is 16.5. The van der Waals surface area contributed by atoms with E-state index in [9.17, 15) is 4.79 Å². The van der Waals surface area contributed by atoms with Crippen LogP contribution in [-0.4, -0.2) is 54.4 Å². The number of benzene rings is 1. The summed E-state index contributed by atoms with van der Waals surface area (Å²) in [6, 6.07) is 11.1. The van der Waals surface area contributed by atoms with E-state index in [0.29, 0.717) is 11.6 Å². The quantitative estimate of drug-likeness (QED) is 0.747. The Morgan fingerprint density at radius 2 is 1.93 bits per heavy atom. The third-order valence-electron chi connectivity index (χ3n) is 6.11. The number of amides is 1. The molecule has 1 amide bonds. The second kappa shape index (κ2) is 9.07. The molecule has 2 N–H and O–H groups in total. The standard InChI is InChI=1S/C22H30N4O3/c1-17-15-19(25-29-17)24-21(27)20(18-7-3-2-4-8-18)23-16-22(9-13-28-14-10-22)26-11-5-6-12-26/h2-4,7-8,15,20,23H,5-6,9-14,16H2,1H3,(H,24,25,27). The van der Waals surface area contributed by atoms with Crippen molar-refractivity contribution in [3.63, 3.8) is 0 Å². The molecule has 0 bridgehead atoms. The lowest BCUT2D eigenvalue weighted by molar-refractivity contribution is -0.118. The van der Waals surface area contributed by atoms with Crippen LogP contribution in [0.5, 0.6) is 0 Å². The third-order valence-corrected chi connectivity index (χ3v) is 6.11. The molecule has 2 fully saturated rings. The van der Waals surface area contributed by atoms with Crippen LogP contribution in [0, 0.1) is 6.92 Å². The molecule has 0 saturated carbocycles.